The monoisotopic (exact) mass is 788 g/mol. The molecule has 0 aliphatic rings. The zero-order chi connectivity index (χ0) is 41.7. The van der Waals surface area contributed by atoms with Gasteiger partial charge in [0.1, 0.15) is 17.8 Å². The summed E-state index contributed by atoms with van der Waals surface area (Å²) >= 11 is 0. The fourth-order valence-electron chi connectivity index (χ4n) is 5.45. The van der Waals surface area contributed by atoms with Crippen molar-refractivity contribution in [1.29, 1.82) is 0 Å². The Morgan fingerprint density at radius 2 is 1.23 bits per heavy atom. The van der Waals surface area contributed by atoms with E-state index in [1.807, 2.05) is 12.2 Å². The summed E-state index contributed by atoms with van der Waals surface area (Å²) in [7, 11) is 6.05. The lowest BCUT2D eigenvalue weighted by molar-refractivity contribution is -0.130. The molecule has 3 aromatic carbocycles. The molecule has 0 saturated carbocycles. The van der Waals surface area contributed by atoms with Crippen molar-refractivity contribution < 1.29 is 38.1 Å². The van der Waals surface area contributed by atoms with Gasteiger partial charge in [-0.3, -0.25) is 29.2 Å². The van der Waals surface area contributed by atoms with Gasteiger partial charge in [0.25, 0.3) is 5.91 Å². The van der Waals surface area contributed by atoms with Gasteiger partial charge in [-0.15, -0.1) is 0 Å². The topological polar surface area (TPSA) is 282 Å². The number of amides is 4. The first-order chi connectivity index (χ1) is 27.4. The third kappa shape index (κ3) is 14.6. The Kier molecular flexibility index (Phi) is 18.0. The highest BCUT2D eigenvalue weighted by atomic mass is 16.5. The molecule has 0 fully saturated rings. The van der Waals surface area contributed by atoms with Gasteiger partial charge < -0.3 is 63.1 Å². The molecule has 57 heavy (non-hydrogen) atoms. The average molecular weight is 789 g/mol. The van der Waals surface area contributed by atoms with Crippen LogP contribution in [0.15, 0.2) is 70.6 Å². The molecule has 0 unspecified atom stereocenters. The van der Waals surface area contributed by atoms with Gasteiger partial charge in [-0.2, -0.15) is 0 Å². The Labute approximate surface area is 331 Å². The molecule has 306 valence electrons. The SMILES string of the molecule is COc1ccc(/C=C\c2cc(OC)c(OC)c(OC)c2)cc1NC(=O)CNC(=O)[C@H](CCCN=C(N)N)NC(=O)[C@H](CCCN=C(N)N)NC(=O)c1ccccc1. The molecule has 0 heterocycles. The molecule has 18 nitrogen and oxygen atoms in total. The maximum Gasteiger partial charge on any atom is 0.251 e. The summed E-state index contributed by atoms with van der Waals surface area (Å²) in [5, 5.41) is 10.8. The number of methoxy groups -OCH3 is 4. The van der Waals surface area contributed by atoms with E-state index in [0.29, 0.717) is 47.1 Å². The maximum atomic E-state index is 13.6. The molecule has 0 aliphatic heterocycles. The Morgan fingerprint density at radius 1 is 0.667 bits per heavy atom. The number of guanidine groups is 2. The molecule has 0 aliphatic carbocycles. The first-order valence-corrected chi connectivity index (χ1v) is 17.9. The smallest absolute Gasteiger partial charge is 0.251 e. The van der Waals surface area contributed by atoms with Crippen molar-refractivity contribution in [3.8, 4) is 23.0 Å². The van der Waals surface area contributed by atoms with Crippen LogP contribution in [0.3, 0.4) is 0 Å². The molecule has 18 heteroatoms. The minimum atomic E-state index is -1.12. The van der Waals surface area contributed by atoms with Gasteiger partial charge in [0, 0.05) is 18.7 Å². The van der Waals surface area contributed by atoms with E-state index in [4.69, 9.17) is 41.9 Å². The van der Waals surface area contributed by atoms with Crippen molar-refractivity contribution >= 4 is 53.4 Å². The van der Waals surface area contributed by atoms with E-state index >= 15 is 0 Å². The predicted molar refractivity (Wildman–Crippen MR) is 219 cm³/mol. The summed E-state index contributed by atoms with van der Waals surface area (Å²) in [6.45, 7) is -0.0539. The zero-order valence-electron chi connectivity index (χ0n) is 32.5. The zero-order valence-corrected chi connectivity index (χ0v) is 32.5. The molecule has 0 spiro atoms. The van der Waals surface area contributed by atoms with Crippen molar-refractivity contribution in [2.24, 2.45) is 32.9 Å². The van der Waals surface area contributed by atoms with Crippen LogP contribution in [0, 0.1) is 0 Å². The third-order valence-corrected chi connectivity index (χ3v) is 8.26. The van der Waals surface area contributed by atoms with Gasteiger partial charge in [0.05, 0.1) is 40.7 Å². The van der Waals surface area contributed by atoms with Crippen LogP contribution in [0.2, 0.25) is 0 Å². The van der Waals surface area contributed by atoms with Crippen LogP contribution in [0.1, 0.15) is 47.2 Å². The van der Waals surface area contributed by atoms with Crippen LogP contribution < -0.4 is 63.1 Å². The van der Waals surface area contributed by atoms with E-state index in [0.717, 1.165) is 11.1 Å². The molecule has 0 aromatic heterocycles. The molecular weight excluding hydrogens is 736 g/mol. The lowest BCUT2D eigenvalue weighted by atomic mass is 10.1. The second-order valence-corrected chi connectivity index (χ2v) is 12.4. The second-order valence-electron chi connectivity index (χ2n) is 12.4. The highest BCUT2D eigenvalue weighted by molar-refractivity contribution is 5.99. The van der Waals surface area contributed by atoms with Crippen molar-refractivity contribution in [3.63, 3.8) is 0 Å². The van der Waals surface area contributed by atoms with Gasteiger partial charge in [0.2, 0.25) is 23.5 Å². The molecule has 0 radical (unpaired) electrons. The maximum absolute atomic E-state index is 13.6. The van der Waals surface area contributed by atoms with E-state index < -0.39 is 42.3 Å². The third-order valence-electron chi connectivity index (χ3n) is 8.26. The van der Waals surface area contributed by atoms with Crippen LogP contribution in [0.5, 0.6) is 23.0 Å². The number of anilines is 1. The van der Waals surface area contributed by atoms with Crippen molar-refractivity contribution in [3.05, 3.63) is 77.4 Å². The molecule has 0 bridgehead atoms. The second kappa shape index (κ2) is 23.1. The van der Waals surface area contributed by atoms with Crippen molar-refractivity contribution in [2.45, 2.75) is 37.8 Å². The molecule has 3 aromatic rings. The van der Waals surface area contributed by atoms with Crippen LogP contribution >= 0.6 is 0 Å². The van der Waals surface area contributed by atoms with Crippen LogP contribution in [-0.2, 0) is 14.4 Å². The highest BCUT2D eigenvalue weighted by Gasteiger charge is 2.27. The number of hydrogen-bond donors (Lipinski definition) is 8. The molecule has 4 amide bonds. The number of benzene rings is 3. The number of aliphatic imine (C=N–C) groups is 2. The fourth-order valence-corrected chi connectivity index (χ4v) is 5.45. The lowest BCUT2D eigenvalue weighted by Gasteiger charge is -2.23. The van der Waals surface area contributed by atoms with E-state index in [2.05, 4.69) is 31.3 Å². The quantitative estimate of drug-likeness (QED) is 0.0310. The number of carbonyl (C=O) groups is 4. The summed E-state index contributed by atoms with van der Waals surface area (Å²) < 4.78 is 21.7. The van der Waals surface area contributed by atoms with E-state index in [-0.39, 0.29) is 37.9 Å². The van der Waals surface area contributed by atoms with Gasteiger partial charge in [-0.1, -0.05) is 36.4 Å². The highest BCUT2D eigenvalue weighted by Crippen LogP contribution is 2.38. The van der Waals surface area contributed by atoms with Gasteiger partial charge in [-0.25, -0.2) is 0 Å². The molecule has 2 atom stereocenters. The molecule has 0 saturated heterocycles. The standard InChI is InChI=1S/C39H52N10O8/c1-54-30-17-16-24(14-15-25-21-31(55-2)34(57-4)32(22-25)56-3)20-29(30)47-33(50)23-46-36(52)27(12-8-18-44-38(40)41)49-37(53)28(13-9-19-45-39(42)43)48-35(51)26-10-6-5-7-11-26/h5-7,10-11,14-17,20-22,27-28H,8-9,12-13,18-19,23H2,1-4H3,(H,46,52)(H,47,50)(H,48,51)(H,49,53)(H4,40,41,44)(H4,42,43,45)/b15-14-/t27-,28-/m0/s1. The van der Waals surface area contributed by atoms with Crippen LogP contribution in [-0.4, -0.2) is 95.7 Å². The number of nitrogens with one attached hydrogen (secondary N) is 4. The van der Waals surface area contributed by atoms with Crippen molar-refractivity contribution in [2.75, 3.05) is 53.4 Å². The Hall–Kier alpha value is -6.98. The summed E-state index contributed by atoms with van der Waals surface area (Å²) in [6.07, 6.45) is 4.58. The minimum Gasteiger partial charge on any atom is -0.495 e. The van der Waals surface area contributed by atoms with Gasteiger partial charge >= 0.3 is 0 Å². The number of nitrogens with zero attached hydrogens (tertiary/aromatic N) is 2. The van der Waals surface area contributed by atoms with Crippen LogP contribution in [0.25, 0.3) is 12.2 Å². The summed E-state index contributed by atoms with van der Waals surface area (Å²) in [5.41, 5.74) is 24.0. The summed E-state index contributed by atoms with van der Waals surface area (Å²) in [6, 6.07) is 15.0. The Balaban J connectivity index is 1.74. The molecule has 3 rings (SSSR count). The fraction of sp³-hybridized carbons (Fsp3) is 0.333. The number of carbonyl (C=O) groups excluding carboxylic acids is 4. The number of hydrogen-bond acceptors (Lipinski definition) is 10. The van der Waals surface area contributed by atoms with E-state index in [1.54, 1.807) is 60.7 Å². The first-order valence-electron chi connectivity index (χ1n) is 17.9. The number of ether oxygens (including phenoxy) is 4. The largest absolute Gasteiger partial charge is 0.495 e. The molecular formula is C39H52N10O8. The van der Waals surface area contributed by atoms with Gasteiger partial charge in [-0.05, 0) is 73.2 Å². The van der Waals surface area contributed by atoms with Crippen molar-refractivity contribution in [1.82, 2.24) is 16.0 Å². The average Bonchev–Trinajstić information content (AvgIpc) is 3.20. The Morgan fingerprint density at radius 3 is 1.77 bits per heavy atom. The van der Waals surface area contributed by atoms with E-state index in [9.17, 15) is 19.2 Å². The predicted octanol–water partition coefficient (Wildman–Crippen LogP) is 1.34. The molecule has 12 N–H and O–H groups in total. The summed E-state index contributed by atoms with van der Waals surface area (Å²) in [4.78, 5) is 61.2. The number of nitrogens with two attached hydrogens (primary N) is 4. The lowest BCUT2D eigenvalue weighted by Crippen LogP contribution is -2.54. The van der Waals surface area contributed by atoms with Gasteiger partial charge in [0.15, 0.2) is 23.4 Å². The Bertz CT molecular complexity index is 1890. The van der Waals surface area contributed by atoms with E-state index in [1.165, 1.54) is 28.4 Å². The number of rotatable bonds is 22. The normalized spacial score (nSPS) is 11.6. The summed E-state index contributed by atoms with van der Waals surface area (Å²) in [5.74, 6) is -0.735. The van der Waals surface area contributed by atoms with Crippen LogP contribution in [0.4, 0.5) is 5.69 Å². The minimum absolute atomic E-state index is 0.109. The first kappa shape index (κ1) is 44.4.